The Bertz CT molecular complexity index is 1230. The Kier molecular flexibility index (Phi) is 7.12. The molecule has 202 valence electrons. The average Bonchev–Trinajstić information content (AvgIpc) is 3.13. The van der Waals surface area contributed by atoms with Crippen LogP contribution in [-0.4, -0.2) is 70.6 Å². The lowest BCUT2D eigenvalue weighted by Gasteiger charge is -2.41. The Balaban J connectivity index is 2.00. The van der Waals surface area contributed by atoms with E-state index in [4.69, 9.17) is 5.73 Å². The summed E-state index contributed by atoms with van der Waals surface area (Å²) in [7, 11) is -3.93. The van der Waals surface area contributed by atoms with Crippen molar-refractivity contribution in [2.24, 2.45) is 12.8 Å². The molecule has 1 unspecified atom stereocenters. The number of alkyl halides is 6. The van der Waals surface area contributed by atoms with Crippen molar-refractivity contribution in [2.45, 2.75) is 42.2 Å². The lowest BCUT2D eigenvalue weighted by Crippen LogP contribution is -2.58. The largest absolute Gasteiger partial charge is 0.427 e. The molecule has 3 rings (SSSR count). The Morgan fingerprint density at radius 3 is 2.28 bits per heavy atom. The van der Waals surface area contributed by atoms with Crippen molar-refractivity contribution >= 4 is 15.7 Å². The molecule has 3 atom stereocenters. The summed E-state index contributed by atoms with van der Waals surface area (Å²) in [5, 5.41) is 18.6. The fourth-order valence-electron chi connectivity index (χ4n) is 4.11. The lowest BCUT2D eigenvalue weighted by molar-refractivity contribution is -0.300. The number of nitrogens with zero attached hydrogens (tertiary/aromatic N) is 4. The number of anilines is 1. The molecule has 2 heterocycles. The zero-order chi connectivity index (χ0) is 27.4. The van der Waals surface area contributed by atoms with Crippen molar-refractivity contribution in [2.75, 3.05) is 24.5 Å². The number of aryl methyl sites for hydroxylation is 1. The van der Waals surface area contributed by atoms with Gasteiger partial charge in [0.15, 0.2) is 5.03 Å². The van der Waals surface area contributed by atoms with Gasteiger partial charge in [-0.2, -0.15) is 30.6 Å². The van der Waals surface area contributed by atoms with Crippen LogP contribution in [0.2, 0.25) is 0 Å². The predicted molar refractivity (Wildman–Crippen MR) is 110 cm³/mol. The number of piperazine rings is 1. The number of benzene rings is 1. The number of halogens is 7. The van der Waals surface area contributed by atoms with Crippen LogP contribution in [0.1, 0.15) is 18.2 Å². The van der Waals surface area contributed by atoms with Crippen molar-refractivity contribution in [3.63, 3.8) is 0 Å². The molecule has 4 N–H and O–H groups in total. The minimum absolute atomic E-state index is 0.305. The van der Waals surface area contributed by atoms with Crippen molar-refractivity contribution in [3.8, 4) is 0 Å². The Morgan fingerprint density at radius 2 is 1.78 bits per heavy atom. The molecule has 0 saturated carbocycles. The second-order valence-corrected chi connectivity index (χ2v) is 10.1. The number of aliphatic hydroxyl groups excluding tert-OH is 1. The number of sulfonamides is 1. The van der Waals surface area contributed by atoms with E-state index in [0.29, 0.717) is 21.3 Å². The maximum absolute atomic E-state index is 13.7. The first-order valence-electron chi connectivity index (χ1n) is 10.2. The minimum atomic E-state index is -5.61. The monoisotopic (exact) mass is 549 g/mol. The van der Waals surface area contributed by atoms with E-state index in [-0.39, 0.29) is 13.1 Å². The zero-order valence-electron chi connectivity index (χ0n) is 18.7. The quantitative estimate of drug-likeness (QED) is 0.382. The summed E-state index contributed by atoms with van der Waals surface area (Å²) >= 11 is 0. The van der Waals surface area contributed by atoms with Gasteiger partial charge in [-0.1, -0.05) is 0 Å². The molecule has 0 amide bonds. The Morgan fingerprint density at radius 1 is 1.17 bits per heavy atom. The maximum Gasteiger partial charge on any atom is 0.427 e. The van der Waals surface area contributed by atoms with E-state index in [2.05, 4.69) is 4.98 Å². The van der Waals surface area contributed by atoms with Crippen molar-refractivity contribution < 1.29 is 49.4 Å². The first-order chi connectivity index (χ1) is 16.3. The summed E-state index contributed by atoms with van der Waals surface area (Å²) in [4.78, 5) is 4.67. The molecule has 1 fully saturated rings. The SMILES string of the molecule is C[C@@H]1CN(c2ccc(F)cc2C(F)(F)F)CCN1S(=O)(=O)c1ncn(C)c1[C@](O)(C(N)O)C(F)(F)F. The number of nitrogens with two attached hydrogens (primary N) is 1. The molecule has 1 aliphatic rings. The van der Waals surface area contributed by atoms with E-state index in [0.717, 1.165) is 19.2 Å². The van der Waals surface area contributed by atoms with Crippen LogP contribution in [0.3, 0.4) is 0 Å². The molecule has 36 heavy (non-hydrogen) atoms. The van der Waals surface area contributed by atoms with Crippen LogP contribution in [0.5, 0.6) is 0 Å². The molecule has 1 aromatic heterocycles. The molecule has 0 radical (unpaired) electrons. The van der Waals surface area contributed by atoms with Gasteiger partial charge in [-0.15, -0.1) is 0 Å². The number of aliphatic hydroxyl groups is 2. The van der Waals surface area contributed by atoms with Crippen LogP contribution in [0.25, 0.3) is 0 Å². The summed E-state index contributed by atoms with van der Waals surface area (Å²) in [5.41, 5.74) is -2.23. The highest BCUT2D eigenvalue weighted by Crippen LogP contribution is 2.43. The van der Waals surface area contributed by atoms with E-state index in [1.807, 2.05) is 0 Å². The molecule has 0 spiro atoms. The van der Waals surface area contributed by atoms with Crippen LogP contribution in [0, 0.1) is 5.82 Å². The summed E-state index contributed by atoms with van der Waals surface area (Å²) in [6, 6.07) is 0.929. The number of aromatic nitrogens is 2. The van der Waals surface area contributed by atoms with Gasteiger partial charge in [0.1, 0.15) is 17.7 Å². The van der Waals surface area contributed by atoms with Gasteiger partial charge in [0.25, 0.3) is 10.0 Å². The van der Waals surface area contributed by atoms with Gasteiger partial charge in [-0.25, -0.2) is 17.8 Å². The third-order valence-corrected chi connectivity index (χ3v) is 7.80. The Hall–Kier alpha value is -2.47. The number of imidazole rings is 1. The van der Waals surface area contributed by atoms with Crippen LogP contribution in [0.4, 0.5) is 36.4 Å². The summed E-state index contributed by atoms with van der Waals surface area (Å²) < 4.78 is 123. The van der Waals surface area contributed by atoms with Crippen LogP contribution >= 0.6 is 0 Å². The predicted octanol–water partition coefficient (Wildman–Crippen LogP) is 1.50. The molecule has 1 saturated heterocycles. The van der Waals surface area contributed by atoms with Crippen LogP contribution in [0.15, 0.2) is 29.6 Å². The smallest absolute Gasteiger partial charge is 0.375 e. The highest BCUT2D eigenvalue weighted by molar-refractivity contribution is 7.89. The highest BCUT2D eigenvalue weighted by Gasteiger charge is 2.63. The fraction of sp³-hybridized carbons (Fsp3) is 0.526. The van der Waals surface area contributed by atoms with E-state index in [1.54, 1.807) is 0 Å². The average molecular weight is 549 g/mol. The molecule has 1 aromatic carbocycles. The van der Waals surface area contributed by atoms with Crippen molar-refractivity contribution in [3.05, 3.63) is 41.6 Å². The number of rotatable bonds is 5. The molecule has 2 aromatic rings. The number of hydrogen-bond acceptors (Lipinski definition) is 7. The molecule has 17 heteroatoms. The van der Waals surface area contributed by atoms with Crippen molar-refractivity contribution in [1.29, 1.82) is 0 Å². The second-order valence-electron chi connectivity index (χ2n) is 8.29. The van der Waals surface area contributed by atoms with Gasteiger partial charge in [0.05, 0.1) is 11.9 Å². The lowest BCUT2D eigenvalue weighted by atomic mass is 9.97. The third-order valence-electron chi connectivity index (χ3n) is 5.85. The van der Waals surface area contributed by atoms with Crippen molar-refractivity contribution in [1.82, 2.24) is 13.9 Å². The van der Waals surface area contributed by atoms with E-state index in [9.17, 15) is 49.4 Å². The minimum Gasteiger partial charge on any atom is -0.375 e. The molecule has 9 nitrogen and oxygen atoms in total. The molecular weight excluding hydrogens is 527 g/mol. The second kappa shape index (κ2) is 9.13. The maximum atomic E-state index is 13.7. The molecule has 0 bridgehead atoms. The van der Waals surface area contributed by atoms with E-state index >= 15 is 0 Å². The van der Waals surface area contributed by atoms with E-state index < -0.39 is 74.6 Å². The van der Waals surface area contributed by atoms with Gasteiger partial charge in [0, 0.05) is 38.4 Å². The third kappa shape index (κ3) is 4.65. The van der Waals surface area contributed by atoms with Gasteiger partial charge in [0.2, 0.25) is 5.60 Å². The normalized spacial score (nSPS) is 20.9. The topological polar surface area (TPSA) is 125 Å². The number of hydrogen-bond donors (Lipinski definition) is 3. The molecule has 1 aliphatic heterocycles. The van der Waals surface area contributed by atoms with Gasteiger partial charge < -0.3 is 25.4 Å². The fourth-order valence-corrected chi connectivity index (χ4v) is 5.92. The van der Waals surface area contributed by atoms with Gasteiger partial charge in [-0.05, 0) is 25.1 Å². The van der Waals surface area contributed by atoms with E-state index in [1.165, 1.54) is 11.8 Å². The summed E-state index contributed by atoms with van der Waals surface area (Å²) in [6.45, 7) is 0.156. The van der Waals surface area contributed by atoms with Gasteiger partial charge in [-0.3, -0.25) is 0 Å². The molecule has 0 aliphatic carbocycles. The summed E-state index contributed by atoms with van der Waals surface area (Å²) in [6.07, 6.45) is -12.8. The van der Waals surface area contributed by atoms with Gasteiger partial charge >= 0.3 is 12.4 Å². The standard InChI is InChI=1S/C19H22F7N5O4S/c1-10-8-30(13-4-3-11(20)7-12(13)18(21,22)23)5-6-31(10)36(34,35)15-14(29(2)9-28-15)17(33,16(27)32)19(24,25)26/h3-4,7,9-10,16,32-33H,5-6,8,27H2,1-2H3/t10-,16?,17+/m1/s1. The molecular formula is C19H22F7N5O4S. The first kappa shape index (κ1) is 28.1. The summed E-state index contributed by atoms with van der Waals surface area (Å²) in [5.74, 6) is -1.12. The highest BCUT2D eigenvalue weighted by atomic mass is 32.2. The van der Waals surface area contributed by atoms with Crippen LogP contribution < -0.4 is 10.6 Å². The first-order valence-corrected chi connectivity index (χ1v) is 11.7. The Labute approximate surface area is 200 Å². The zero-order valence-corrected chi connectivity index (χ0v) is 19.5. The van der Waals surface area contributed by atoms with Crippen LogP contribution in [-0.2, 0) is 28.8 Å².